The Morgan fingerprint density at radius 2 is 1.65 bits per heavy atom. The van der Waals surface area contributed by atoms with Gasteiger partial charge in [-0.1, -0.05) is 69.3 Å². The Hall–Kier alpha value is -3.35. The third-order valence-corrected chi connectivity index (χ3v) is 4.85. The summed E-state index contributed by atoms with van der Waals surface area (Å²) in [6.07, 6.45) is 0.112. The lowest BCUT2D eigenvalue weighted by molar-refractivity contribution is -0.136. The summed E-state index contributed by atoms with van der Waals surface area (Å²) in [5.41, 5.74) is 2.61. The summed E-state index contributed by atoms with van der Waals surface area (Å²) in [5.74, 6) is -0.834. The average Bonchev–Trinajstić information content (AvgIpc) is 2.76. The molecule has 0 aliphatic rings. The Kier molecular flexibility index (Phi) is 9.06. The van der Waals surface area contributed by atoms with E-state index in [1.54, 1.807) is 7.05 Å². The van der Waals surface area contributed by atoms with Crippen LogP contribution in [0.25, 0.3) is 0 Å². The Bertz CT molecular complexity index is 883. The first kappa shape index (κ1) is 23.9. The molecule has 31 heavy (non-hydrogen) atoms. The van der Waals surface area contributed by atoms with Gasteiger partial charge in [0.2, 0.25) is 11.8 Å². The van der Waals surface area contributed by atoms with Crippen LogP contribution in [0.1, 0.15) is 31.9 Å². The van der Waals surface area contributed by atoms with Crippen molar-refractivity contribution in [1.82, 2.24) is 10.2 Å². The molecule has 2 aromatic rings. The molecule has 7 nitrogen and oxygen atoms in total. The summed E-state index contributed by atoms with van der Waals surface area (Å²) in [6, 6.07) is 16.0. The van der Waals surface area contributed by atoms with Gasteiger partial charge in [0.1, 0.15) is 12.6 Å². The molecule has 0 unspecified atom stereocenters. The predicted octanol–water partition coefficient (Wildman–Crippen LogP) is 3.60. The number of nitrogens with one attached hydrogen (secondary N) is 2. The predicted molar refractivity (Wildman–Crippen MR) is 120 cm³/mol. The summed E-state index contributed by atoms with van der Waals surface area (Å²) in [5, 5.41) is 5.47. The van der Waals surface area contributed by atoms with E-state index in [0.29, 0.717) is 0 Å². The van der Waals surface area contributed by atoms with Gasteiger partial charge >= 0.3 is 6.09 Å². The Labute approximate surface area is 183 Å². The molecule has 0 aliphatic heterocycles. The minimum Gasteiger partial charge on any atom is -0.445 e. The molecule has 2 rings (SSSR count). The van der Waals surface area contributed by atoms with E-state index < -0.39 is 12.1 Å². The Morgan fingerprint density at radius 1 is 1.00 bits per heavy atom. The Balaban J connectivity index is 1.92. The lowest BCUT2D eigenvalue weighted by atomic mass is 10.0. The number of hydrogen-bond donors (Lipinski definition) is 2. The number of carbonyl (C=O) groups excluding carboxylic acids is 3. The maximum Gasteiger partial charge on any atom is 0.408 e. The first-order chi connectivity index (χ1) is 14.8. The highest BCUT2D eigenvalue weighted by molar-refractivity contribution is 5.96. The van der Waals surface area contributed by atoms with Crippen molar-refractivity contribution in [1.29, 1.82) is 0 Å². The number of carbonyl (C=O) groups is 3. The zero-order chi connectivity index (χ0) is 22.8. The zero-order valence-corrected chi connectivity index (χ0v) is 18.6. The monoisotopic (exact) mass is 425 g/mol. The normalized spacial score (nSPS) is 11.5. The van der Waals surface area contributed by atoms with Crippen molar-refractivity contribution >= 4 is 23.6 Å². The van der Waals surface area contributed by atoms with Gasteiger partial charge in [0.25, 0.3) is 0 Å². The van der Waals surface area contributed by atoms with Crippen molar-refractivity contribution < 1.29 is 19.1 Å². The van der Waals surface area contributed by atoms with Crippen molar-refractivity contribution in [2.45, 2.75) is 39.8 Å². The quantitative estimate of drug-likeness (QED) is 0.643. The number of ether oxygens (including phenoxy) is 1. The molecule has 2 N–H and O–H groups in total. The molecule has 0 fully saturated rings. The zero-order valence-electron chi connectivity index (χ0n) is 18.6. The fourth-order valence-electron chi connectivity index (χ4n) is 3.08. The minimum atomic E-state index is -0.802. The van der Waals surface area contributed by atoms with Crippen molar-refractivity contribution in [3.63, 3.8) is 0 Å². The molecule has 0 aliphatic carbocycles. The van der Waals surface area contributed by atoms with E-state index in [9.17, 15) is 14.4 Å². The van der Waals surface area contributed by atoms with Crippen molar-refractivity contribution in [2.75, 3.05) is 18.9 Å². The number of benzene rings is 2. The molecule has 3 amide bonds. The highest BCUT2D eigenvalue weighted by Crippen LogP contribution is 2.15. The number of hydrogen-bond acceptors (Lipinski definition) is 4. The second-order valence-electron chi connectivity index (χ2n) is 7.68. The SMILES string of the molecule is CCc1ccccc1NC(=O)CN(C)C(=O)[C@@H](NC(=O)OCc1ccccc1)C(C)C. The van der Waals surface area contributed by atoms with Gasteiger partial charge in [-0.3, -0.25) is 9.59 Å². The van der Waals surface area contributed by atoms with Crippen LogP contribution in [0, 0.1) is 5.92 Å². The lowest BCUT2D eigenvalue weighted by Gasteiger charge is -2.26. The van der Waals surface area contributed by atoms with Crippen LogP contribution in [-0.2, 0) is 27.4 Å². The summed E-state index contributed by atoms with van der Waals surface area (Å²) < 4.78 is 5.22. The summed E-state index contributed by atoms with van der Waals surface area (Å²) >= 11 is 0. The van der Waals surface area contributed by atoms with E-state index in [1.165, 1.54) is 4.90 Å². The van der Waals surface area contributed by atoms with E-state index in [0.717, 1.165) is 23.2 Å². The van der Waals surface area contributed by atoms with Gasteiger partial charge in [-0.25, -0.2) is 4.79 Å². The minimum absolute atomic E-state index is 0.112. The third kappa shape index (κ3) is 7.44. The molecule has 0 bridgehead atoms. The topological polar surface area (TPSA) is 87.7 Å². The van der Waals surface area contributed by atoms with Crippen LogP contribution in [0.15, 0.2) is 54.6 Å². The van der Waals surface area contributed by atoms with Gasteiger partial charge in [0.05, 0.1) is 6.54 Å². The number of likely N-dealkylation sites (N-methyl/N-ethyl adjacent to an activating group) is 1. The number of amides is 3. The van der Waals surface area contributed by atoms with Crippen LogP contribution in [0.3, 0.4) is 0 Å². The van der Waals surface area contributed by atoms with Crippen LogP contribution >= 0.6 is 0 Å². The molecule has 7 heteroatoms. The third-order valence-electron chi connectivity index (χ3n) is 4.85. The molecule has 0 radical (unpaired) electrons. The van der Waals surface area contributed by atoms with Gasteiger partial charge in [0.15, 0.2) is 0 Å². The number of rotatable bonds is 9. The molecule has 166 valence electrons. The van der Waals surface area contributed by atoms with Gasteiger partial charge in [0, 0.05) is 12.7 Å². The fourth-order valence-corrected chi connectivity index (χ4v) is 3.08. The van der Waals surface area contributed by atoms with Crippen molar-refractivity contribution in [3.8, 4) is 0 Å². The number of aryl methyl sites for hydroxylation is 1. The summed E-state index contributed by atoms with van der Waals surface area (Å²) in [7, 11) is 1.54. The van der Waals surface area contributed by atoms with Crippen LogP contribution in [-0.4, -0.2) is 42.4 Å². The van der Waals surface area contributed by atoms with Crippen LogP contribution < -0.4 is 10.6 Å². The van der Waals surface area contributed by atoms with E-state index in [4.69, 9.17) is 4.74 Å². The van der Waals surface area contributed by atoms with Crippen LogP contribution in [0.5, 0.6) is 0 Å². The Morgan fingerprint density at radius 3 is 2.29 bits per heavy atom. The van der Waals surface area contributed by atoms with E-state index >= 15 is 0 Å². The molecule has 2 aromatic carbocycles. The molecule has 0 heterocycles. The van der Waals surface area contributed by atoms with Gasteiger partial charge in [-0.2, -0.15) is 0 Å². The lowest BCUT2D eigenvalue weighted by Crippen LogP contribution is -2.51. The molecular weight excluding hydrogens is 394 g/mol. The second-order valence-corrected chi connectivity index (χ2v) is 7.68. The highest BCUT2D eigenvalue weighted by Gasteiger charge is 2.28. The molecule has 0 spiro atoms. The fraction of sp³-hybridized carbons (Fsp3) is 0.375. The number of nitrogens with zero attached hydrogens (tertiary/aromatic N) is 1. The van der Waals surface area contributed by atoms with E-state index in [-0.39, 0.29) is 30.9 Å². The maximum absolute atomic E-state index is 12.9. The van der Waals surface area contributed by atoms with Crippen molar-refractivity contribution in [2.24, 2.45) is 5.92 Å². The second kappa shape index (κ2) is 11.7. The molecule has 0 aromatic heterocycles. The average molecular weight is 426 g/mol. The first-order valence-electron chi connectivity index (χ1n) is 10.4. The molecule has 0 saturated heterocycles. The van der Waals surface area contributed by atoms with Crippen LogP contribution in [0.2, 0.25) is 0 Å². The smallest absolute Gasteiger partial charge is 0.408 e. The van der Waals surface area contributed by atoms with Gasteiger partial charge in [-0.05, 0) is 29.5 Å². The highest BCUT2D eigenvalue weighted by atomic mass is 16.5. The number of para-hydroxylation sites is 1. The largest absolute Gasteiger partial charge is 0.445 e. The summed E-state index contributed by atoms with van der Waals surface area (Å²) in [6.45, 7) is 5.65. The van der Waals surface area contributed by atoms with E-state index in [2.05, 4.69) is 10.6 Å². The standard InChI is InChI=1S/C24H31N3O4/c1-5-19-13-9-10-14-20(19)25-21(28)15-27(4)23(29)22(17(2)3)26-24(30)31-16-18-11-7-6-8-12-18/h6-14,17,22H,5,15-16H2,1-4H3,(H,25,28)(H,26,30)/t22-/m0/s1. The van der Waals surface area contributed by atoms with Crippen molar-refractivity contribution in [3.05, 3.63) is 65.7 Å². The molecule has 0 saturated carbocycles. The number of anilines is 1. The first-order valence-corrected chi connectivity index (χ1v) is 10.4. The summed E-state index contributed by atoms with van der Waals surface area (Å²) in [4.78, 5) is 38.9. The van der Waals surface area contributed by atoms with Gasteiger partial charge in [-0.15, -0.1) is 0 Å². The van der Waals surface area contributed by atoms with Crippen LogP contribution in [0.4, 0.5) is 10.5 Å². The molecule has 1 atom stereocenters. The van der Waals surface area contributed by atoms with E-state index in [1.807, 2.05) is 75.4 Å². The van der Waals surface area contributed by atoms with Gasteiger partial charge < -0.3 is 20.3 Å². The maximum atomic E-state index is 12.9. The molecular formula is C24H31N3O4. The number of alkyl carbamates (subject to hydrolysis) is 1.